The number of aromatic nitrogens is 1. The van der Waals surface area contributed by atoms with Gasteiger partial charge in [-0.3, -0.25) is 14.6 Å². The summed E-state index contributed by atoms with van der Waals surface area (Å²) in [6.45, 7) is 2.54. The monoisotopic (exact) mass is 532 g/mol. The maximum atomic E-state index is 13.5. The summed E-state index contributed by atoms with van der Waals surface area (Å²) in [6, 6.07) is 25.3. The Morgan fingerprint density at radius 1 is 0.975 bits per heavy atom. The first-order chi connectivity index (χ1) is 19.5. The van der Waals surface area contributed by atoms with Crippen LogP contribution in [0.3, 0.4) is 0 Å². The Kier molecular flexibility index (Phi) is 6.78. The van der Waals surface area contributed by atoms with Gasteiger partial charge in [-0.2, -0.15) is 0 Å². The molecule has 200 valence electrons. The number of aliphatic hydroxyl groups is 1. The number of likely N-dealkylation sites (tertiary alicyclic amines) is 1. The highest BCUT2D eigenvalue weighted by atomic mass is 16.5. The molecule has 7 nitrogen and oxygen atoms in total. The van der Waals surface area contributed by atoms with E-state index in [1.54, 1.807) is 36.7 Å². The molecule has 7 heteroatoms. The molecule has 3 aromatic carbocycles. The molecule has 1 aromatic heterocycles. The first-order valence-corrected chi connectivity index (χ1v) is 13.2. The molecule has 0 spiro atoms. The molecular weight excluding hydrogens is 504 g/mol. The molecule has 0 unspecified atom stereocenters. The summed E-state index contributed by atoms with van der Waals surface area (Å²) in [6.07, 6.45) is 4.04. The third kappa shape index (κ3) is 4.94. The first-order valence-electron chi connectivity index (χ1n) is 13.2. The van der Waals surface area contributed by atoms with Crippen molar-refractivity contribution in [3.8, 4) is 11.5 Å². The first kappa shape index (κ1) is 25.4. The van der Waals surface area contributed by atoms with Crippen molar-refractivity contribution < 1.29 is 24.2 Å². The van der Waals surface area contributed by atoms with E-state index in [4.69, 9.17) is 9.47 Å². The van der Waals surface area contributed by atoms with Gasteiger partial charge >= 0.3 is 0 Å². The minimum Gasteiger partial charge on any atom is -0.507 e. The Morgan fingerprint density at radius 2 is 1.77 bits per heavy atom. The number of fused-ring (bicyclic) bond motifs is 1. The number of aliphatic hydroxyl groups excluding tert-OH is 1. The molecule has 2 atom stereocenters. The van der Waals surface area contributed by atoms with Gasteiger partial charge in [-0.25, -0.2) is 0 Å². The van der Waals surface area contributed by atoms with Gasteiger partial charge in [-0.15, -0.1) is 0 Å². The molecule has 0 aliphatic carbocycles. The lowest BCUT2D eigenvalue weighted by molar-refractivity contribution is -0.140. The van der Waals surface area contributed by atoms with E-state index < -0.39 is 17.7 Å². The molecule has 6 rings (SSSR count). The van der Waals surface area contributed by atoms with Crippen LogP contribution in [0.1, 0.15) is 40.8 Å². The SMILES string of the molecule is C[C@@H]1Cc2cc(C(O)=C3C(=O)C(=O)N(Cc4ccncc4)[C@@H]3c3cccc(OCc4ccccc4)c3)ccc2O1. The van der Waals surface area contributed by atoms with Gasteiger partial charge in [0.25, 0.3) is 11.7 Å². The second-order valence-corrected chi connectivity index (χ2v) is 10.1. The maximum absolute atomic E-state index is 13.5. The summed E-state index contributed by atoms with van der Waals surface area (Å²) in [5, 5.41) is 11.5. The molecule has 0 radical (unpaired) electrons. The zero-order chi connectivity index (χ0) is 27.6. The van der Waals surface area contributed by atoms with Crippen LogP contribution in [-0.2, 0) is 29.2 Å². The number of nitrogens with zero attached hydrogens (tertiary/aromatic N) is 2. The fourth-order valence-corrected chi connectivity index (χ4v) is 5.31. The highest BCUT2D eigenvalue weighted by molar-refractivity contribution is 6.46. The van der Waals surface area contributed by atoms with E-state index in [1.807, 2.05) is 67.6 Å². The molecule has 4 aromatic rings. The van der Waals surface area contributed by atoms with Gasteiger partial charge in [0.15, 0.2) is 0 Å². The van der Waals surface area contributed by atoms with E-state index in [1.165, 1.54) is 4.90 Å². The smallest absolute Gasteiger partial charge is 0.295 e. The molecule has 1 fully saturated rings. The van der Waals surface area contributed by atoms with Crippen LogP contribution >= 0.6 is 0 Å². The van der Waals surface area contributed by atoms with Crippen molar-refractivity contribution in [2.45, 2.75) is 38.6 Å². The number of ketones is 1. The number of hydrogen-bond acceptors (Lipinski definition) is 6. The minimum atomic E-state index is -0.808. The van der Waals surface area contributed by atoms with Crippen LogP contribution in [0.2, 0.25) is 0 Å². The van der Waals surface area contributed by atoms with Crippen LogP contribution in [-0.4, -0.2) is 32.8 Å². The fourth-order valence-electron chi connectivity index (χ4n) is 5.31. The normalized spacial score (nSPS) is 19.4. The van der Waals surface area contributed by atoms with E-state index in [0.29, 0.717) is 29.9 Å². The lowest BCUT2D eigenvalue weighted by Crippen LogP contribution is -2.29. The lowest BCUT2D eigenvalue weighted by atomic mass is 9.94. The van der Waals surface area contributed by atoms with Crippen molar-refractivity contribution in [3.05, 3.63) is 131 Å². The summed E-state index contributed by atoms with van der Waals surface area (Å²) in [5.74, 6) is -0.241. The van der Waals surface area contributed by atoms with Crippen LogP contribution < -0.4 is 9.47 Å². The molecule has 0 saturated carbocycles. The number of benzene rings is 3. The molecule has 0 bridgehead atoms. The van der Waals surface area contributed by atoms with Crippen molar-refractivity contribution >= 4 is 17.4 Å². The van der Waals surface area contributed by atoms with Crippen LogP contribution in [0.15, 0.2) is 103 Å². The van der Waals surface area contributed by atoms with E-state index in [-0.39, 0.29) is 24.0 Å². The summed E-state index contributed by atoms with van der Waals surface area (Å²) < 4.78 is 11.9. The van der Waals surface area contributed by atoms with Gasteiger partial charge in [-0.1, -0.05) is 42.5 Å². The highest BCUT2D eigenvalue weighted by Gasteiger charge is 2.46. The number of amides is 1. The third-order valence-electron chi connectivity index (χ3n) is 7.23. The fraction of sp³-hybridized carbons (Fsp3) is 0.182. The standard InChI is InChI=1S/C33H28N2O5/c1-21-16-26-17-25(10-11-28(26)40-21)31(36)29-30(35(33(38)32(29)37)19-22-12-14-34-15-13-22)24-8-5-9-27(18-24)39-20-23-6-3-2-4-7-23/h2-15,17-18,21,30,36H,16,19-20H2,1H3/t21-,30-/m1/s1. The van der Waals surface area contributed by atoms with Crippen molar-refractivity contribution in [1.82, 2.24) is 9.88 Å². The van der Waals surface area contributed by atoms with Crippen molar-refractivity contribution in [2.75, 3.05) is 0 Å². The molecule has 40 heavy (non-hydrogen) atoms. The highest BCUT2D eigenvalue weighted by Crippen LogP contribution is 2.42. The lowest BCUT2D eigenvalue weighted by Gasteiger charge is -2.26. The van der Waals surface area contributed by atoms with Gasteiger partial charge in [0, 0.05) is 30.9 Å². The van der Waals surface area contributed by atoms with Crippen LogP contribution in [0.4, 0.5) is 0 Å². The second-order valence-electron chi connectivity index (χ2n) is 10.1. The molecule has 3 heterocycles. The Morgan fingerprint density at radius 3 is 2.58 bits per heavy atom. The Hall–Kier alpha value is -4.91. The largest absolute Gasteiger partial charge is 0.507 e. The molecule has 1 saturated heterocycles. The number of carbonyl (C=O) groups excluding carboxylic acids is 2. The Balaban J connectivity index is 1.41. The number of hydrogen-bond donors (Lipinski definition) is 1. The average molecular weight is 533 g/mol. The third-order valence-corrected chi connectivity index (χ3v) is 7.23. The van der Waals surface area contributed by atoms with Crippen molar-refractivity contribution in [2.24, 2.45) is 0 Å². The molecule has 2 aliphatic rings. The molecular formula is C33H28N2O5. The van der Waals surface area contributed by atoms with Gasteiger partial charge in [0.2, 0.25) is 0 Å². The van der Waals surface area contributed by atoms with Crippen LogP contribution in [0.5, 0.6) is 11.5 Å². The average Bonchev–Trinajstić information content (AvgIpc) is 3.48. The quantitative estimate of drug-likeness (QED) is 0.189. The van der Waals surface area contributed by atoms with Crippen LogP contribution in [0.25, 0.3) is 5.76 Å². The topological polar surface area (TPSA) is 89.0 Å². The summed E-state index contributed by atoms with van der Waals surface area (Å²) in [4.78, 5) is 32.5. The maximum Gasteiger partial charge on any atom is 0.295 e. The summed E-state index contributed by atoms with van der Waals surface area (Å²) in [5.41, 5.74) is 3.98. The van der Waals surface area contributed by atoms with Gasteiger partial charge in [0.1, 0.15) is 30.0 Å². The van der Waals surface area contributed by atoms with Crippen LogP contribution in [0, 0.1) is 0 Å². The van der Waals surface area contributed by atoms with Crippen molar-refractivity contribution in [3.63, 3.8) is 0 Å². The predicted octanol–water partition coefficient (Wildman–Crippen LogP) is 5.61. The molecule has 1 N–H and O–H groups in total. The zero-order valence-corrected chi connectivity index (χ0v) is 22.0. The summed E-state index contributed by atoms with van der Waals surface area (Å²) in [7, 11) is 0. The second kappa shape index (κ2) is 10.7. The van der Waals surface area contributed by atoms with Gasteiger partial charge in [0.05, 0.1) is 11.6 Å². The van der Waals surface area contributed by atoms with Gasteiger partial charge < -0.3 is 19.5 Å². The predicted molar refractivity (Wildman–Crippen MR) is 150 cm³/mol. The molecule has 2 aliphatic heterocycles. The van der Waals surface area contributed by atoms with E-state index in [2.05, 4.69) is 4.98 Å². The Labute approximate surface area is 232 Å². The number of Topliss-reactive ketones (excluding diaryl/α,β-unsaturated/α-hetero) is 1. The van der Waals surface area contributed by atoms with Gasteiger partial charge in [-0.05, 0) is 71.6 Å². The number of pyridine rings is 1. The Bertz CT molecular complexity index is 1600. The zero-order valence-electron chi connectivity index (χ0n) is 22.0. The summed E-state index contributed by atoms with van der Waals surface area (Å²) >= 11 is 0. The molecule has 1 amide bonds. The van der Waals surface area contributed by atoms with E-state index in [9.17, 15) is 14.7 Å². The number of carbonyl (C=O) groups is 2. The van der Waals surface area contributed by atoms with E-state index >= 15 is 0 Å². The van der Waals surface area contributed by atoms with E-state index in [0.717, 1.165) is 22.4 Å². The number of rotatable bonds is 7. The van der Waals surface area contributed by atoms with Crippen molar-refractivity contribution in [1.29, 1.82) is 0 Å². The number of ether oxygens (including phenoxy) is 2. The minimum absolute atomic E-state index is 0.0389.